The van der Waals surface area contributed by atoms with E-state index in [0.717, 1.165) is 16.7 Å². The van der Waals surface area contributed by atoms with E-state index in [4.69, 9.17) is 21.1 Å². The molecule has 1 heterocycles. The minimum Gasteiger partial charge on any atom is -0.493 e. The number of esters is 1. The van der Waals surface area contributed by atoms with E-state index in [1.165, 1.54) is 7.11 Å². The van der Waals surface area contributed by atoms with E-state index < -0.39 is 5.56 Å². The summed E-state index contributed by atoms with van der Waals surface area (Å²) in [5.74, 6) is 5.94. The predicted molar refractivity (Wildman–Crippen MR) is 115 cm³/mol. The number of anilines is 2. The van der Waals surface area contributed by atoms with Crippen LogP contribution in [0, 0.1) is 0 Å². The van der Waals surface area contributed by atoms with E-state index in [9.17, 15) is 9.59 Å². The summed E-state index contributed by atoms with van der Waals surface area (Å²) in [7, 11) is 1.36. The summed E-state index contributed by atoms with van der Waals surface area (Å²) >= 11 is 0. The number of H-pyrrole nitrogens is 1. The molecule has 3 aromatic rings. The number of hydrogen-bond acceptors (Lipinski definition) is 8. The summed E-state index contributed by atoms with van der Waals surface area (Å²) in [4.78, 5) is 30.8. The van der Waals surface area contributed by atoms with E-state index in [2.05, 4.69) is 15.4 Å². The van der Waals surface area contributed by atoms with Gasteiger partial charge in [-0.25, -0.2) is 10.8 Å². The molecular weight excluding hydrogens is 386 g/mol. The van der Waals surface area contributed by atoms with Gasteiger partial charge in [-0.15, -0.1) is 0 Å². The Bertz CT molecular complexity index is 1130. The number of nitrogen functional groups attached to an aromatic ring is 2. The molecule has 0 atom stereocenters. The van der Waals surface area contributed by atoms with Gasteiger partial charge in [0.1, 0.15) is 17.3 Å². The molecule has 9 nitrogen and oxygen atoms in total. The van der Waals surface area contributed by atoms with Crippen LogP contribution in [0.4, 0.5) is 11.5 Å². The average Bonchev–Trinajstić information content (AvgIpc) is 2.76. The third-order valence-electron chi connectivity index (χ3n) is 4.52. The Kier molecular flexibility index (Phi) is 6.33. The highest BCUT2D eigenvalue weighted by Gasteiger charge is 2.16. The fourth-order valence-corrected chi connectivity index (χ4v) is 3.06. The zero-order valence-electron chi connectivity index (χ0n) is 16.7. The van der Waals surface area contributed by atoms with E-state index in [1.54, 1.807) is 6.07 Å². The lowest BCUT2D eigenvalue weighted by atomic mass is 9.96. The molecule has 0 bridgehead atoms. The highest BCUT2D eigenvalue weighted by atomic mass is 16.5. The van der Waals surface area contributed by atoms with Crippen molar-refractivity contribution in [2.75, 3.05) is 24.9 Å². The molecular formula is C21H23N5O4. The second kappa shape index (κ2) is 9.10. The molecule has 0 unspecified atom stereocenters. The number of hydrazine groups is 1. The first-order valence-corrected chi connectivity index (χ1v) is 9.27. The Hall–Kier alpha value is -3.85. The molecule has 3 rings (SSSR count). The number of aromatic nitrogens is 2. The van der Waals surface area contributed by atoms with Gasteiger partial charge in [0.15, 0.2) is 5.82 Å². The molecule has 0 amide bonds. The summed E-state index contributed by atoms with van der Waals surface area (Å²) in [6, 6.07) is 13.0. The van der Waals surface area contributed by atoms with E-state index >= 15 is 0 Å². The standard InChI is InChI=1S/C21H23N5O4/c1-3-30-16-10-13(14-7-5-4-6-12(14)11-17(27)29-2)8-9-15(16)19-24-20(26-23)18(22)21(28)25-19/h4-10H,3,11,22-23H2,1-2H3,(H2,24,25,26,28). The summed E-state index contributed by atoms with van der Waals surface area (Å²) in [5, 5.41) is 0. The van der Waals surface area contributed by atoms with Gasteiger partial charge in [-0.1, -0.05) is 30.3 Å². The first-order chi connectivity index (χ1) is 14.5. The van der Waals surface area contributed by atoms with Gasteiger partial charge in [-0.2, -0.15) is 0 Å². The van der Waals surface area contributed by atoms with Gasteiger partial charge in [0.2, 0.25) is 0 Å². The van der Waals surface area contributed by atoms with Crippen molar-refractivity contribution in [2.45, 2.75) is 13.3 Å². The summed E-state index contributed by atoms with van der Waals surface area (Å²) in [5.41, 5.74) is 10.5. The van der Waals surface area contributed by atoms with Crippen molar-refractivity contribution in [1.29, 1.82) is 0 Å². The normalized spacial score (nSPS) is 10.5. The van der Waals surface area contributed by atoms with Crippen LogP contribution in [0.25, 0.3) is 22.5 Å². The quantitative estimate of drug-likeness (QED) is 0.264. The lowest BCUT2D eigenvalue weighted by Crippen LogP contribution is -2.20. The largest absolute Gasteiger partial charge is 0.493 e. The van der Waals surface area contributed by atoms with Crippen molar-refractivity contribution >= 4 is 17.5 Å². The zero-order valence-corrected chi connectivity index (χ0v) is 16.7. The minimum atomic E-state index is -0.511. The van der Waals surface area contributed by atoms with Crippen molar-refractivity contribution < 1.29 is 14.3 Å². The number of hydrogen-bond donors (Lipinski definition) is 4. The molecule has 0 radical (unpaired) electrons. The molecule has 156 valence electrons. The maximum Gasteiger partial charge on any atom is 0.309 e. The monoisotopic (exact) mass is 409 g/mol. The molecule has 0 saturated carbocycles. The third kappa shape index (κ3) is 4.26. The number of nitrogens with zero attached hydrogens (tertiary/aromatic N) is 1. The van der Waals surface area contributed by atoms with Crippen molar-refractivity contribution in [3.8, 4) is 28.3 Å². The highest BCUT2D eigenvalue weighted by molar-refractivity contribution is 5.80. The fraction of sp³-hybridized carbons (Fsp3) is 0.190. The predicted octanol–water partition coefficient (Wildman–Crippen LogP) is 2.09. The van der Waals surface area contributed by atoms with Gasteiger partial charge >= 0.3 is 5.97 Å². The van der Waals surface area contributed by atoms with E-state index in [-0.39, 0.29) is 29.7 Å². The van der Waals surface area contributed by atoms with Gasteiger partial charge in [0.25, 0.3) is 5.56 Å². The van der Waals surface area contributed by atoms with Crippen LogP contribution in [0.5, 0.6) is 5.75 Å². The molecule has 0 aliphatic heterocycles. The number of nitrogens with one attached hydrogen (secondary N) is 2. The van der Waals surface area contributed by atoms with Crippen LogP contribution in [0.1, 0.15) is 12.5 Å². The number of nitrogens with two attached hydrogens (primary N) is 2. The number of carbonyl (C=O) groups excluding carboxylic acids is 1. The van der Waals surface area contributed by atoms with Crippen LogP contribution >= 0.6 is 0 Å². The Balaban J connectivity index is 2.11. The first kappa shape index (κ1) is 20.9. The number of methoxy groups -OCH3 is 1. The third-order valence-corrected chi connectivity index (χ3v) is 4.52. The average molecular weight is 409 g/mol. The van der Waals surface area contributed by atoms with Gasteiger partial charge in [-0.3, -0.25) is 9.59 Å². The first-order valence-electron chi connectivity index (χ1n) is 9.27. The lowest BCUT2D eigenvalue weighted by molar-refractivity contribution is -0.139. The zero-order chi connectivity index (χ0) is 21.7. The number of benzene rings is 2. The molecule has 1 aromatic heterocycles. The van der Waals surface area contributed by atoms with Crippen molar-refractivity contribution in [2.24, 2.45) is 5.84 Å². The topological polar surface area (TPSA) is 145 Å². The smallest absolute Gasteiger partial charge is 0.309 e. The fourth-order valence-electron chi connectivity index (χ4n) is 3.06. The highest BCUT2D eigenvalue weighted by Crippen LogP contribution is 2.34. The number of rotatable bonds is 7. The maximum atomic E-state index is 12.1. The second-order valence-electron chi connectivity index (χ2n) is 6.38. The van der Waals surface area contributed by atoms with Crippen LogP contribution in [-0.4, -0.2) is 29.7 Å². The lowest BCUT2D eigenvalue weighted by Gasteiger charge is -2.15. The number of ether oxygens (including phenoxy) is 2. The van der Waals surface area contributed by atoms with E-state index in [1.807, 2.05) is 43.3 Å². The molecule has 6 N–H and O–H groups in total. The Labute approximate surface area is 173 Å². The molecule has 0 fully saturated rings. The van der Waals surface area contributed by atoms with Crippen LogP contribution < -0.4 is 27.3 Å². The number of carbonyl (C=O) groups is 1. The van der Waals surface area contributed by atoms with Gasteiger partial charge in [0.05, 0.1) is 25.7 Å². The van der Waals surface area contributed by atoms with Crippen LogP contribution in [-0.2, 0) is 16.0 Å². The molecule has 0 spiro atoms. The van der Waals surface area contributed by atoms with Crippen LogP contribution in [0.2, 0.25) is 0 Å². The Morgan fingerprint density at radius 2 is 1.97 bits per heavy atom. The minimum absolute atomic E-state index is 0.0729. The second-order valence-corrected chi connectivity index (χ2v) is 6.38. The van der Waals surface area contributed by atoms with Gasteiger partial charge < -0.3 is 25.6 Å². The molecule has 0 aliphatic carbocycles. The van der Waals surface area contributed by atoms with Crippen molar-refractivity contribution in [3.05, 3.63) is 58.4 Å². The van der Waals surface area contributed by atoms with E-state index in [0.29, 0.717) is 17.9 Å². The van der Waals surface area contributed by atoms with Crippen LogP contribution in [0.15, 0.2) is 47.3 Å². The van der Waals surface area contributed by atoms with Gasteiger partial charge in [0, 0.05) is 0 Å². The van der Waals surface area contributed by atoms with Crippen LogP contribution in [0.3, 0.4) is 0 Å². The van der Waals surface area contributed by atoms with Crippen molar-refractivity contribution in [3.63, 3.8) is 0 Å². The molecule has 0 aliphatic rings. The number of aromatic amines is 1. The maximum absolute atomic E-state index is 12.1. The summed E-state index contributed by atoms with van der Waals surface area (Å²) in [6.07, 6.45) is 0.150. The SMILES string of the molecule is CCOc1cc(-c2ccccc2CC(=O)OC)ccc1-c1nc(NN)c(N)c(=O)[nH]1. The van der Waals surface area contributed by atoms with Crippen molar-refractivity contribution in [1.82, 2.24) is 9.97 Å². The molecule has 2 aromatic carbocycles. The Morgan fingerprint density at radius 3 is 2.67 bits per heavy atom. The molecule has 9 heteroatoms. The Morgan fingerprint density at radius 1 is 1.20 bits per heavy atom. The van der Waals surface area contributed by atoms with Gasteiger partial charge in [-0.05, 0) is 35.7 Å². The summed E-state index contributed by atoms with van der Waals surface area (Å²) < 4.78 is 10.6. The summed E-state index contributed by atoms with van der Waals surface area (Å²) in [6.45, 7) is 2.26. The molecule has 30 heavy (non-hydrogen) atoms. The molecule has 0 saturated heterocycles.